The number of carbonyl (C=O) groups excluding carboxylic acids is 1. The van der Waals surface area contributed by atoms with E-state index in [0.29, 0.717) is 6.41 Å². The monoisotopic (exact) mass is 201 g/mol. The molecule has 0 atom stereocenters. The molecule has 0 saturated heterocycles. The molecular formula is C11H11N3O. The van der Waals surface area contributed by atoms with Gasteiger partial charge in [0, 0.05) is 18.8 Å². The summed E-state index contributed by atoms with van der Waals surface area (Å²) in [6, 6.07) is 9.74. The third kappa shape index (κ3) is 1.88. The lowest BCUT2D eigenvalue weighted by Gasteiger charge is -1.99. The second-order valence-electron chi connectivity index (χ2n) is 3.19. The van der Waals surface area contributed by atoms with E-state index < -0.39 is 0 Å². The Hall–Kier alpha value is -2.10. The van der Waals surface area contributed by atoms with Gasteiger partial charge in [-0.3, -0.25) is 9.48 Å². The lowest BCUT2D eigenvalue weighted by molar-refractivity contribution is -0.105. The maximum Gasteiger partial charge on any atom is 0.211 e. The number of anilines is 1. The van der Waals surface area contributed by atoms with E-state index in [0.717, 1.165) is 16.9 Å². The van der Waals surface area contributed by atoms with Crippen molar-refractivity contribution in [1.82, 2.24) is 9.78 Å². The van der Waals surface area contributed by atoms with Crippen LogP contribution in [-0.2, 0) is 11.8 Å². The van der Waals surface area contributed by atoms with Crippen molar-refractivity contribution >= 4 is 12.1 Å². The molecule has 0 aliphatic rings. The normalized spacial score (nSPS) is 9.93. The van der Waals surface area contributed by atoms with Gasteiger partial charge in [0.15, 0.2) is 0 Å². The molecule has 2 aromatic rings. The Bertz CT molecular complexity index is 462. The Morgan fingerprint density at radius 1 is 1.33 bits per heavy atom. The van der Waals surface area contributed by atoms with Gasteiger partial charge < -0.3 is 5.32 Å². The first-order valence-electron chi connectivity index (χ1n) is 4.60. The number of aryl methyl sites for hydroxylation is 1. The molecule has 0 spiro atoms. The first kappa shape index (κ1) is 9.45. The highest BCUT2D eigenvalue weighted by molar-refractivity contribution is 5.82. The predicted octanol–water partition coefficient (Wildman–Crippen LogP) is 1.66. The summed E-state index contributed by atoms with van der Waals surface area (Å²) in [5, 5.41) is 6.93. The quantitative estimate of drug-likeness (QED) is 0.767. The molecule has 1 heterocycles. The fourth-order valence-electron chi connectivity index (χ4n) is 1.47. The summed E-state index contributed by atoms with van der Waals surface area (Å²) in [6.45, 7) is 0. The molecule has 0 unspecified atom stereocenters. The summed E-state index contributed by atoms with van der Waals surface area (Å²) in [4.78, 5) is 10.4. The maximum atomic E-state index is 10.4. The van der Waals surface area contributed by atoms with Crippen LogP contribution in [-0.4, -0.2) is 16.2 Å². The molecule has 0 fully saturated rings. The highest BCUT2D eigenvalue weighted by Gasteiger charge is 2.08. The van der Waals surface area contributed by atoms with E-state index in [1.165, 1.54) is 0 Å². The molecule has 0 radical (unpaired) electrons. The lowest BCUT2D eigenvalue weighted by Crippen LogP contribution is -1.93. The fourth-order valence-corrected chi connectivity index (χ4v) is 1.47. The first-order chi connectivity index (χ1) is 7.31. The molecule has 0 aliphatic carbocycles. The molecule has 4 nitrogen and oxygen atoms in total. The Balaban J connectivity index is 2.47. The summed E-state index contributed by atoms with van der Waals surface area (Å²) in [7, 11) is 1.82. The van der Waals surface area contributed by atoms with Crippen molar-refractivity contribution in [3.05, 3.63) is 36.5 Å². The van der Waals surface area contributed by atoms with Gasteiger partial charge in [0.1, 0.15) is 5.69 Å². The van der Waals surface area contributed by atoms with Gasteiger partial charge in [-0.05, 0) is 0 Å². The Labute approximate surface area is 87.5 Å². The molecule has 15 heavy (non-hydrogen) atoms. The Morgan fingerprint density at radius 2 is 2.07 bits per heavy atom. The molecule has 0 aliphatic heterocycles. The van der Waals surface area contributed by atoms with Crippen LogP contribution in [0.15, 0.2) is 36.5 Å². The number of carbonyl (C=O) groups is 1. The smallest absolute Gasteiger partial charge is 0.211 e. The van der Waals surface area contributed by atoms with E-state index >= 15 is 0 Å². The van der Waals surface area contributed by atoms with E-state index in [9.17, 15) is 4.79 Å². The van der Waals surface area contributed by atoms with Crippen LogP contribution in [0.1, 0.15) is 0 Å². The Kier molecular flexibility index (Phi) is 2.49. The SMILES string of the molecule is Cn1cc(NC=O)c(-c2ccccc2)n1. The molecule has 1 aromatic heterocycles. The first-order valence-corrected chi connectivity index (χ1v) is 4.60. The van der Waals surface area contributed by atoms with Crippen LogP contribution in [0.4, 0.5) is 5.69 Å². The minimum atomic E-state index is 0.656. The van der Waals surface area contributed by atoms with Crippen molar-refractivity contribution in [2.75, 3.05) is 5.32 Å². The van der Waals surface area contributed by atoms with Crippen molar-refractivity contribution in [2.45, 2.75) is 0 Å². The number of nitrogens with zero attached hydrogens (tertiary/aromatic N) is 2. The fraction of sp³-hybridized carbons (Fsp3) is 0.0909. The average molecular weight is 201 g/mol. The standard InChI is InChI=1S/C11H11N3O/c1-14-7-10(12-8-15)11(13-14)9-5-3-2-4-6-9/h2-8H,1H3,(H,12,15). The van der Waals surface area contributed by atoms with E-state index in [4.69, 9.17) is 0 Å². The van der Waals surface area contributed by atoms with Crippen molar-refractivity contribution in [3.8, 4) is 11.3 Å². The van der Waals surface area contributed by atoms with Crippen LogP contribution in [0, 0.1) is 0 Å². The van der Waals surface area contributed by atoms with Crippen LogP contribution in [0.5, 0.6) is 0 Å². The second-order valence-corrected chi connectivity index (χ2v) is 3.19. The zero-order chi connectivity index (χ0) is 10.7. The lowest BCUT2D eigenvalue weighted by atomic mass is 10.1. The average Bonchev–Trinajstić information content (AvgIpc) is 2.62. The van der Waals surface area contributed by atoms with Crippen LogP contribution in [0.2, 0.25) is 0 Å². The molecule has 0 saturated carbocycles. The van der Waals surface area contributed by atoms with Gasteiger partial charge in [0.2, 0.25) is 6.41 Å². The molecule has 76 valence electrons. The van der Waals surface area contributed by atoms with Gasteiger partial charge in [-0.15, -0.1) is 0 Å². The highest BCUT2D eigenvalue weighted by Crippen LogP contribution is 2.25. The molecule has 4 heteroatoms. The predicted molar refractivity (Wildman–Crippen MR) is 58.3 cm³/mol. The molecule has 2 rings (SSSR count). The van der Waals surface area contributed by atoms with Crippen molar-refractivity contribution in [2.24, 2.45) is 7.05 Å². The zero-order valence-electron chi connectivity index (χ0n) is 8.34. The second kappa shape index (κ2) is 3.96. The number of nitrogens with one attached hydrogen (secondary N) is 1. The number of hydrogen-bond donors (Lipinski definition) is 1. The van der Waals surface area contributed by atoms with Gasteiger partial charge in [-0.2, -0.15) is 5.10 Å². The number of hydrogen-bond acceptors (Lipinski definition) is 2. The summed E-state index contributed by atoms with van der Waals surface area (Å²) in [5.74, 6) is 0. The van der Waals surface area contributed by atoms with Crippen molar-refractivity contribution in [3.63, 3.8) is 0 Å². The topological polar surface area (TPSA) is 46.9 Å². The molecular weight excluding hydrogens is 190 g/mol. The Morgan fingerprint density at radius 3 is 2.73 bits per heavy atom. The third-order valence-electron chi connectivity index (χ3n) is 2.09. The van der Waals surface area contributed by atoms with Crippen molar-refractivity contribution < 1.29 is 4.79 Å². The molecule has 1 N–H and O–H groups in total. The van der Waals surface area contributed by atoms with E-state index in [1.54, 1.807) is 10.9 Å². The van der Waals surface area contributed by atoms with Gasteiger partial charge >= 0.3 is 0 Å². The van der Waals surface area contributed by atoms with Gasteiger partial charge in [-0.1, -0.05) is 30.3 Å². The summed E-state index contributed by atoms with van der Waals surface area (Å²) in [5.41, 5.74) is 2.49. The minimum Gasteiger partial charge on any atom is -0.326 e. The highest BCUT2D eigenvalue weighted by atomic mass is 16.1. The van der Waals surface area contributed by atoms with Crippen LogP contribution in [0.3, 0.4) is 0 Å². The largest absolute Gasteiger partial charge is 0.326 e. The summed E-state index contributed by atoms with van der Waals surface area (Å²) in [6.07, 6.45) is 2.43. The summed E-state index contributed by atoms with van der Waals surface area (Å²) < 4.78 is 1.67. The molecule has 1 amide bonds. The van der Waals surface area contributed by atoms with E-state index in [2.05, 4.69) is 10.4 Å². The number of aromatic nitrogens is 2. The molecule has 0 bridgehead atoms. The van der Waals surface area contributed by atoms with Crippen LogP contribution in [0.25, 0.3) is 11.3 Å². The van der Waals surface area contributed by atoms with Crippen LogP contribution >= 0.6 is 0 Å². The number of rotatable bonds is 3. The van der Waals surface area contributed by atoms with E-state index in [1.807, 2.05) is 37.4 Å². The van der Waals surface area contributed by atoms with Crippen molar-refractivity contribution in [1.29, 1.82) is 0 Å². The number of amides is 1. The zero-order valence-corrected chi connectivity index (χ0v) is 8.34. The minimum absolute atomic E-state index is 0.656. The molecule has 1 aromatic carbocycles. The maximum absolute atomic E-state index is 10.4. The summed E-state index contributed by atoms with van der Waals surface area (Å²) >= 11 is 0. The number of benzene rings is 1. The van der Waals surface area contributed by atoms with Crippen LogP contribution < -0.4 is 5.32 Å². The van der Waals surface area contributed by atoms with Gasteiger partial charge in [0.25, 0.3) is 0 Å². The van der Waals surface area contributed by atoms with E-state index in [-0.39, 0.29) is 0 Å². The van der Waals surface area contributed by atoms with Gasteiger partial charge in [-0.25, -0.2) is 0 Å². The third-order valence-corrected chi connectivity index (χ3v) is 2.09. The van der Waals surface area contributed by atoms with Gasteiger partial charge in [0.05, 0.1) is 5.69 Å².